The van der Waals surface area contributed by atoms with Gasteiger partial charge < -0.3 is 15.1 Å². The van der Waals surface area contributed by atoms with E-state index in [1.807, 2.05) is 31.2 Å². The third-order valence-electron chi connectivity index (χ3n) is 3.19. The van der Waals surface area contributed by atoms with Gasteiger partial charge in [0.15, 0.2) is 11.6 Å². The number of aryl methyl sites for hydroxylation is 1. The molecule has 0 aliphatic rings. The van der Waals surface area contributed by atoms with E-state index in [0.717, 1.165) is 17.0 Å². The van der Waals surface area contributed by atoms with Crippen molar-refractivity contribution in [2.75, 3.05) is 0 Å². The molecule has 0 aliphatic heterocycles. The molecule has 3 aromatic rings. The Balaban J connectivity index is 0.00000156. The standard InChI is InChI=1S/C17H14F2N2OS.2H2O/c1-12-2-5-15(6-3-12)23-22-11-13-8-9-21(20-13)14-4-7-16(18)17(19)10-14;;/h2-10H,11H2,1H3;2*1H2. The quantitative estimate of drug-likeness (QED) is 0.648. The Bertz CT molecular complexity index is 810. The van der Waals surface area contributed by atoms with Crippen LogP contribution >= 0.6 is 12.0 Å². The van der Waals surface area contributed by atoms with Crippen molar-refractivity contribution in [3.05, 3.63) is 77.6 Å². The van der Waals surface area contributed by atoms with Crippen LogP contribution in [0.25, 0.3) is 5.69 Å². The minimum atomic E-state index is -0.897. The first-order chi connectivity index (χ1) is 11.1. The SMILES string of the molecule is Cc1ccc(SOCc2ccn(-c3ccc(F)c(F)c3)n2)cc1.O.O. The second-order valence-corrected chi connectivity index (χ2v) is 5.88. The van der Waals surface area contributed by atoms with Gasteiger partial charge >= 0.3 is 0 Å². The lowest BCUT2D eigenvalue weighted by atomic mass is 10.2. The van der Waals surface area contributed by atoms with E-state index < -0.39 is 11.6 Å². The molecule has 2 aromatic carbocycles. The first-order valence-electron chi connectivity index (χ1n) is 6.98. The summed E-state index contributed by atoms with van der Waals surface area (Å²) in [4.78, 5) is 1.01. The highest BCUT2D eigenvalue weighted by Crippen LogP contribution is 2.21. The minimum Gasteiger partial charge on any atom is -0.412 e. The van der Waals surface area contributed by atoms with Gasteiger partial charge in [-0.15, -0.1) is 0 Å². The second-order valence-electron chi connectivity index (χ2n) is 5.01. The second kappa shape index (κ2) is 9.28. The molecule has 0 saturated heterocycles. The van der Waals surface area contributed by atoms with Gasteiger partial charge in [0.2, 0.25) is 0 Å². The molecule has 3 rings (SSSR count). The van der Waals surface area contributed by atoms with Gasteiger partial charge in [-0.1, -0.05) is 17.7 Å². The summed E-state index contributed by atoms with van der Waals surface area (Å²) in [5.74, 6) is -1.77. The maximum absolute atomic E-state index is 13.2. The molecule has 1 aromatic heterocycles. The minimum absolute atomic E-state index is 0. The van der Waals surface area contributed by atoms with Gasteiger partial charge in [0.05, 0.1) is 11.4 Å². The number of nitrogens with zero attached hydrogens (tertiary/aromatic N) is 2. The van der Waals surface area contributed by atoms with Crippen molar-refractivity contribution in [2.24, 2.45) is 0 Å². The molecule has 0 unspecified atom stereocenters. The molecular weight excluding hydrogens is 350 g/mol. The van der Waals surface area contributed by atoms with Crippen LogP contribution < -0.4 is 0 Å². The number of hydrogen-bond donors (Lipinski definition) is 0. The predicted molar refractivity (Wildman–Crippen MR) is 92.5 cm³/mol. The van der Waals surface area contributed by atoms with E-state index in [0.29, 0.717) is 18.0 Å². The molecule has 1 heterocycles. The van der Waals surface area contributed by atoms with E-state index in [1.54, 1.807) is 12.3 Å². The zero-order valence-electron chi connectivity index (χ0n) is 13.4. The van der Waals surface area contributed by atoms with Crippen LogP contribution in [-0.4, -0.2) is 20.7 Å². The van der Waals surface area contributed by atoms with Crippen LogP contribution in [0.5, 0.6) is 0 Å². The molecule has 8 heteroatoms. The van der Waals surface area contributed by atoms with Crippen molar-refractivity contribution in [1.82, 2.24) is 9.78 Å². The summed E-state index contributed by atoms with van der Waals surface area (Å²) in [6.45, 7) is 2.34. The van der Waals surface area contributed by atoms with Gasteiger partial charge in [-0.05, 0) is 37.3 Å². The van der Waals surface area contributed by atoms with E-state index in [1.165, 1.54) is 28.4 Å². The van der Waals surface area contributed by atoms with Crippen molar-refractivity contribution in [1.29, 1.82) is 0 Å². The molecule has 0 saturated carbocycles. The monoisotopic (exact) mass is 368 g/mol. The predicted octanol–water partition coefficient (Wildman–Crippen LogP) is 3.03. The van der Waals surface area contributed by atoms with Crippen LogP contribution in [0.3, 0.4) is 0 Å². The van der Waals surface area contributed by atoms with Crippen LogP contribution in [0.1, 0.15) is 11.3 Å². The van der Waals surface area contributed by atoms with Gasteiger partial charge in [-0.2, -0.15) is 5.10 Å². The Labute approximate surface area is 148 Å². The van der Waals surface area contributed by atoms with Crippen LogP contribution in [0.15, 0.2) is 59.6 Å². The maximum Gasteiger partial charge on any atom is 0.160 e. The molecular formula is C17H18F2N2O3S. The fourth-order valence-electron chi connectivity index (χ4n) is 1.96. The van der Waals surface area contributed by atoms with E-state index in [2.05, 4.69) is 5.10 Å². The van der Waals surface area contributed by atoms with Gasteiger partial charge in [-0.3, -0.25) is 0 Å². The highest BCUT2D eigenvalue weighted by atomic mass is 32.2. The lowest BCUT2D eigenvalue weighted by Gasteiger charge is -2.03. The Morgan fingerprint density at radius 2 is 1.72 bits per heavy atom. The zero-order valence-corrected chi connectivity index (χ0v) is 14.2. The molecule has 0 radical (unpaired) electrons. The highest BCUT2D eigenvalue weighted by Gasteiger charge is 2.06. The van der Waals surface area contributed by atoms with Gasteiger partial charge in [0, 0.05) is 29.2 Å². The zero-order chi connectivity index (χ0) is 16.2. The van der Waals surface area contributed by atoms with Crippen molar-refractivity contribution < 1.29 is 23.9 Å². The molecule has 0 fully saturated rings. The summed E-state index contributed by atoms with van der Waals surface area (Å²) < 4.78 is 33.2. The largest absolute Gasteiger partial charge is 0.412 e. The van der Waals surface area contributed by atoms with E-state index >= 15 is 0 Å². The average molecular weight is 368 g/mol. The van der Waals surface area contributed by atoms with Gasteiger partial charge in [0.1, 0.15) is 6.61 Å². The Morgan fingerprint density at radius 1 is 1.00 bits per heavy atom. The van der Waals surface area contributed by atoms with Gasteiger partial charge in [-0.25, -0.2) is 13.5 Å². The fourth-order valence-corrected chi connectivity index (χ4v) is 2.52. The van der Waals surface area contributed by atoms with Crippen LogP contribution in [0, 0.1) is 18.6 Å². The summed E-state index contributed by atoms with van der Waals surface area (Å²) >= 11 is 1.27. The van der Waals surface area contributed by atoms with Crippen molar-refractivity contribution in [3.8, 4) is 5.69 Å². The normalized spacial score (nSPS) is 10.0. The molecule has 134 valence electrons. The number of hydrogen-bond acceptors (Lipinski definition) is 3. The summed E-state index contributed by atoms with van der Waals surface area (Å²) in [5, 5.41) is 4.29. The van der Waals surface area contributed by atoms with Crippen molar-refractivity contribution in [3.63, 3.8) is 0 Å². The maximum atomic E-state index is 13.2. The van der Waals surface area contributed by atoms with E-state index in [-0.39, 0.29) is 11.0 Å². The summed E-state index contributed by atoms with van der Waals surface area (Å²) in [6, 6.07) is 13.4. The molecule has 4 N–H and O–H groups in total. The third kappa shape index (κ3) is 5.36. The van der Waals surface area contributed by atoms with Crippen LogP contribution in [-0.2, 0) is 10.8 Å². The number of aromatic nitrogens is 2. The topological polar surface area (TPSA) is 90.0 Å². The van der Waals surface area contributed by atoms with Crippen LogP contribution in [0.4, 0.5) is 8.78 Å². The third-order valence-corrected chi connectivity index (χ3v) is 3.90. The van der Waals surface area contributed by atoms with E-state index in [9.17, 15) is 8.78 Å². The molecule has 0 aliphatic carbocycles. The molecule has 0 bridgehead atoms. The number of halogens is 2. The first-order valence-corrected chi connectivity index (χ1v) is 7.72. The lowest BCUT2D eigenvalue weighted by molar-refractivity contribution is 0.356. The Kier molecular flexibility index (Phi) is 7.72. The molecule has 25 heavy (non-hydrogen) atoms. The summed E-state index contributed by atoms with van der Waals surface area (Å²) in [6.07, 6.45) is 1.68. The molecule has 0 spiro atoms. The smallest absolute Gasteiger partial charge is 0.160 e. The van der Waals surface area contributed by atoms with E-state index in [4.69, 9.17) is 4.18 Å². The Hall–Kier alpha value is -2.26. The summed E-state index contributed by atoms with van der Waals surface area (Å²) in [5.41, 5.74) is 2.36. The molecule has 5 nitrogen and oxygen atoms in total. The Morgan fingerprint density at radius 3 is 2.40 bits per heavy atom. The molecule has 0 amide bonds. The first kappa shape index (κ1) is 20.8. The average Bonchev–Trinajstić information content (AvgIpc) is 3.01. The van der Waals surface area contributed by atoms with Crippen molar-refractivity contribution >= 4 is 12.0 Å². The van der Waals surface area contributed by atoms with Crippen molar-refractivity contribution in [2.45, 2.75) is 18.4 Å². The molecule has 0 atom stereocenters. The summed E-state index contributed by atoms with van der Waals surface area (Å²) in [7, 11) is 0. The fraction of sp³-hybridized carbons (Fsp3) is 0.118. The van der Waals surface area contributed by atoms with Crippen LogP contribution in [0.2, 0.25) is 0 Å². The highest BCUT2D eigenvalue weighted by molar-refractivity contribution is 7.94. The number of benzene rings is 2. The van der Waals surface area contributed by atoms with Gasteiger partial charge in [0.25, 0.3) is 0 Å². The lowest BCUT2D eigenvalue weighted by Crippen LogP contribution is -1.98. The number of rotatable bonds is 5.